The molecule has 68 heavy (non-hydrogen) atoms. The van der Waals surface area contributed by atoms with E-state index in [1.165, 1.54) is 36.1 Å². The van der Waals surface area contributed by atoms with E-state index in [0.29, 0.717) is 43.7 Å². The Morgan fingerprint density at radius 3 is 2.53 bits per heavy atom. The molecule has 2 aliphatic carbocycles. The summed E-state index contributed by atoms with van der Waals surface area (Å²) in [5.74, 6) is -1.28. The minimum atomic E-state index is -4.75. The van der Waals surface area contributed by atoms with Crippen LogP contribution >= 0.6 is 11.6 Å². The van der Waals surface area contributed by atoms with Crippen LogP contribution in [0.2, 0.25) is 5.15 Å². The molecule has 0 radical (unpaired) electrons. The van der Waals surface area contributed by atoms with E-state index >= 15 is 0 Å². The molecule has 0 bridgehead atoms. The predicted octanol–water partition coefficient (Wildman–Crippen LogP) is 10.00. The number of hydrogen-bond acceptors (Lipinski definition) is 12. The molecule has 2 saturated heterocycles. The minimum Gasteiger partial charge on any atom is -0.489 e. The molecule has 2 atom stereocenters. The van der Waals surface area contributed by atoms with Gasteiger partial charge in [0.2, 0.25) is 0 Å². The van der Waals surface area contributed by atoms with Crippen LogP contribution in [-0.2, 0) is 10.0 Å². The Hall–Kier alpha value is -5.49. The number of ether oxygens (including phenoxy) is 2. The number of hydrogen-bond donors (Lipinski definition) is 4. The third-order valence-electron chi connectivity index (χ3n) is 15.4. The van der Waals surface area contributed by atoms with Crippen molar-refractivity contribution in [1.29, 1.82) is 0 Å². The van der Waals surface area contributed by atoms with Crippen LogP contribution < -0.4 is 24.4 Å². The van der Waals surface area contributed by atoms with Crippen molar-refractivity contribution < 1.29 is 37.1 Å². The number of nitrogens with zero attached hydrogens (tertiary/aromatic N) is 4. The number of nitro groups is 1. The molecule has 3 aliphatic heterocycles. The number of sulfonamides is 1. The number of rotatable bonds is 11. The molecule has 1 amide bonds. The van der Waals surface area contributed by atoms with Crippen LogP contribution in [0, 0.1) is 27.3 Å². The number of likely N-dealkylation sites (tertiary alicyclic amines) is 1. The SMILES string of the molecule is CC(C)c1ccccc1[C@H]1CCCN1C1CC2(CCN(c3ccc(C(=O)NS(=O)(=O)c4cc5c(c([N+](=O)[O-])c4)N[C@@H]([C@H]4CC[C@](C)(O)CC4)CO5)c(Oc4cc5c(F)c[nH]c5nc4Cl)c3)CC2)C1. The third-order valence-corrected chi connectivity index (χ3v) is 17.0. The van der Waals surface area contributed by atoms with E-state index in [1.807, 2.05) is 0 Å². The van der Waals surface area contributed by atoms with Crippen molar-refractivity contribution in [3.8, 4) is 17.2 Å². The monoisotopic (exact) mass is 969 g/mol. The van der Waals surface area contributed by atoms with Gasteiger partial charge in [0.25, 0.3) is 21.6 Å². The number of carbonyl (C=O) groups is 1. The van der Waals surface area contributed by atoms with Crippen molar-refractivity contribution in [2.75, 3.05) is 36.5 Å². The maximum absolute atomic E-state index is 14.7. The lowest BCUT2D eigenvalue weighted by Crippen LogP contribution is -2.54. The van der Waals surface area contributed by atoms with Gasteiger partial charge in [0.15, 0.2) is 22.3 Å². The molecule has 1 spiro atoms. The number of nitro benzene ring substituents is 1. The molecule has 2 aromatic heterocycles. The molecule has 360 valence electrons. The molecular formula is C50H57ClFN7O8S. The molecule has 5 aromatic rings. The number of halogens is 2. The first kappa shape index (κ1) is 46.2. The maximum atomic E-state index is 14.7. The van der Waals surface area contributed by atoms with Gasteiger partial charge in [-0.25, -0.2) is 22.5 Å². The number of fused-ring (bicyclic) bond motifs is 2. The molecule has 3 aromatic carbocycles. The highest BCUT2D eigenvalue weighted by Crippen LogP contribution is 2.54. The Morgan fingerprint density at radius 2 is 1.79 bits per heavy atom. The largest absolute Gasteiger partial charge is 0.489 e. The number of benzene rings is 3. The number of H-pyrrole nitrogens is 1. The van der Waals surface area contributed by atoms with Gasteiger partial charge in [-0.15, -0.1) is 0 Å². The highest BCUT2D eigenvalue weighted by molar-refractivity contribution is 7.90. The average Bonchev–Trinajstić information content (AvgIpc) is 3.93. The van der Waals surface area contributed by atoms with Crippen LogP contribution in [0.15, 0.2) is 71.8 Å². The standard InChI is InChI=1S/C50H57ClFN7O8S/c1-29(2)34-7-4-5-8-35(34)40-9-6-18-58(40)32-25-50(26-32)16-19-57(20-17-50)31-10-11-36(42(21-31)67-44-24-37-38(52)27-53-47(37)55-46(44)51)48(60)56-68(64,65)33-22-41(59(62)63)45-43(23-33)66-28-39(54-45)30-12-14-49(3,61)15-13-30/h4-5,7-8,10-11,21-24,27,29-30,32,39-40,54,61H,6,9,12-20,25-26,28H2,1-3H3,(H,53,55)(H,56,60)/t30-,39-,40-,49-/m1/s1. The molecular weight excluding hydrogens is 913 g/mol. The van der Waals surface area contributed by atoms with E-state index < -0.39 is 42.9 Å². The quantitative estimate of drug-likeness (QED) is 0.0557. The molecule has 0 unspecified atom stereocenters. The normalized spacial score (nSPS) is 24.0. The summed E-state index contributed by atoms with van der Waals surface area (Å²) in [7, 11) is -4.75. The molecule has 4 N–H and O–H groups in total. The fraction of sp³-hybridized carbons (Fsp3) is 0.480. The van der Waals surface area contributed by atoms with Gasteiger partial charge in [-0.3, -0.25) is 19.8 Å². The summed E-state index contributed by atoms with van der Waals surface area (Å²) in [6, 6.07) is 17.8. The molecule has 5 heterocycles. The highest BCUT2D eigenvalue weighted by atomic mass is 35.5. The zero-order valence-corrected chi connectivity index (χ0v) is 40.0. The Morgan fingerprint density at radius 1 is 1.04 bits per heavy atom. The summed E-state index contributed by atoms with van der Waals surface area (Å²) >= 11 is 6.54. The van der Waals surface area contributed by atoms with Gasteiger partial charge in [0.05, 0.1) is 32.4 Å². The van der Waals surface area contributed by atoms with Crippen LogP contribution in [0.1, 0.15) is 118 Å². The molecule has 15 nitrogen and oxygen atoms in total. The average molecular weight is 971 g/mol. The molecule has 5 aliphatic rings. The second-order valence-corrected chi connectivity index (χ2v) is 22.3. The van der Waals surface area contributed by atoms with E-state index in [-0.39, 0.29) is 68.7 Å². The lowest BCUT2D eigenvalue weighted by molar-refractivity contribution is -0.384. The maximum Gasteiger partial charge on any atom is 0.297 e. The van der Waals surface area contributed by atoms with E-state index in [4.69, 9.17) is 21.1 Å². The summed E-state index contributed by atoms with van der Waals surface area (Å²) in [4.78, 5) is 37.2. The van der Waals surface area contributed by atoms with Crippen LogP contribution in [-0.4, -0.2) is 83.1 Å². The van der Waals surface area contributed by atoms with Crippen molar-refractivity contribution in [2.45, 2.75) is 120 Å². The summed E-state index contributed by atoms with van der Waals surface area (Å²) in [5, 5.41) is 26.0. The number of amides is 1. The number of piperidine rings is 1. The number of pyridine rings is 1. The first-order valence-corrected chi connectivity index (χ1v) is 25.6. The lowest BCUT2D eigenvalue weighted by atomic mass is 9.59. The third kappa shape index (κ3) is 8.86. The van der Waals surface area contributed by atoms with Gasteiger partial charge in [-0.2, -0.15) is 0 Å². The van der Waals surface area contributed by atoms with Crippen LogP contribution in [0.4, 0.5) is 21.5 Å². The fourth-order valence-electron chi connectivity index (χ4n) is 11.6. The molecule has 2 saturated carbocycles. The zero-order valence-electron chi connectivity index (χ0n) is 38.4. The minimum absolute atomic E-state index is 0.0395. The summed E-state index contributed by atoms with van der Waals surface area (Å²) in [5.41, 5.74) is 2.63. The van der Waals surface area contributed by atoms with Crippen molar-refractivity contribution in [2.24, 2.45) is 11.3 Å². The number of anilines is 2. The first-order valence-electron chi connectivity index (χ1n) is 23.7. The van der Waals surface area contributed by atoms with Gasteiger partial charge >= 0.3 is 0 Å². The number of aromatic amines is 1. The summed E-state index contributed by atoms with van der Waals surface area (Å²) in [6.07, 6.45) is 10.3. The van der Waals surface area contributed by atoms with Gasteiger partial charge in [-0.05, 0) is 124 Å². The number of nitrogens with one attached hydrogen (secondary N) is 3. The fourth-order valence-corrected chi connectivity index (χ4v) is 12.7. The summed E-state index contributed by atoms with van der Waals surface area (Å²) < 4.78 is 57.0. The van der Waals surface area contributed by atoms with Crippen molar-refractivity contribution >= 4 is 55.6 Å². The number of aliphatic hydroxyl groups is 1. The molecule has 4 fully saturated rings. The molecule has 10 rings (SSSR count). The van der Waals surface area contributed by atoms with Gasteiger partial charge < -0.3 is 29.8 Å². The van der Waals surface area contributed by atoms with E-state index in [2.05, 4.69) is 67.9 Å². The van der Waals surface area contributed by atoms with Gasteiger partial charge in [0.1, 0.15) is 23.8 Å². The van der Waals surface area contributed by atoms with Gasteiger partial charge in [-0.1, -0.05) is 49.7 Å². The van der Waals surface area contributed by atoms with Crippen LogP contribution in [0.5, 0.6) is 17.2 Å². The van der Waals surface area contributed by atoms with Crippen molar-refractivity contribution in [3.05, 3.63) is 105 Å². The second kappa shape index (κ2) is 17.8. The Labute approximate surface area is 399 Å². The topological polar surface area (TPSA) is 192 Å². The number of aromatic nitrogens is 2. The first-order chi connectivity index (χ1) is 32.5. The Kier molecular flexibility index (Phi) is 12.1. The number of carbonyl (C=O) groups excluding carboxylic acids is 1. The van der Waals surface area contributed by atoms with Crippen LogP contribution in [0.3, 0.4) is 0 Å². The highest BCUT2D eigenvalue weighted by Gasteiger charge is 2.50. The summed E-state index contributed by atoms with van der Waals surface area (Å²) in [6.45, 7) is 9.08. The van der Waals surface area contributed by atoms with E-state index in [0.717, 1.165) is 69.3 Å². The lowest BCUT2D eigenvalue weighted by Gasteiger charge is -2.56. The van der Waals surface area contributed by atoms with Crippen LogP contribution in [0.25, 0.3) is 11.0 Å². The van der Waals surface area contributed by atoms with Crippen molar-refractivity contribution in [3.63, 3.8) is 0 Å². The second-order valence-electron chi connectivity index (χ2n) is 20.2. The Balaban J connectivity index is 0.874. The predicted molar refractivity (Wildman–Crippen MR) is 257 cm³/mol. The van der Waals surface area contributed by atoms with E-state index in [9.17, 15) is 32.8 Å². The Bertz CT molecular complexity index is 2890. The van der Waals surface area contributed by atoms with Crippen molar-refractivity contribution in [1.82, 2.24) is 19.6 Å². The zero-order chi connectivity index (χ0) is 47.7. The van der Waals surface area contributed by atoms with E-state index in [1.54, 1.807) is 19.1 Å². The smallest absolute Gasteiger partial charge is 0.297 e. The van der Waals surface area contributed by atoms with Gasteiger partial charge in [0, 0.05) is 55.3 Å². The molecule has 18 heteroatoms.